The van der Waals surface area contributed by atoms with Gasteiger partial charge < -0.3 is 9.84 Å². The Kier molecular flexibility index (Phi) is 3.63. The first kappa shape index (κ1) is 10.4. The van der Waals surface area contributed by atoms with Crippen LogP contribution < -0.4 is 0 Å². The standard InChI is InChI=1S/C10H16O3/c1-7(2)10-8(12)6-13-9(10)4-3-5-11/h3-5,7-10,12H,6H2,1-2H3/b4-3-/t8-,9-,10?/m1/s1. The predicted octanol–water partition coefficient (Wildman–Crippen LogP) is 0.773. The van der Waals surface area contributed by atoms with E-state index in [0.29, 0.717) is 12.5 Å². The van der Waals surface area contributed by atoms with Gasteiger partial charge in [0.05, 0.1) is 18.8 Å². The summed E-state index contributed by atoms with van der Waals surface area (Å²) in [7, 11) is 0. The van der Waals surface area contributed by atoms with E-state index in [-0.39, 0.29) is 12.0 Å². The summed E-state index contributed by atoms with van der Waals surface area (Å²) in [6, 6.07) is 0. The second kappa shape index (κ2) is 4.53. The SMILES string of the molecule is CC(C)C1[C@H](O)CO[C@@H]1/C=C\C=O. The molecule has 1 N–H and O–H groups in total. The van der Waals surface area contributed by atoms with E-state index in [0.717, 1.165) is 6.29 Å². The van der Waals surface area contributed by atoms with Crippen molar-refractivity contribution in [2.45, 2.75) is 26.1 Å². The van der Waals surface area contributed by atoms with Gasteiger partial charge in [-0.15, -0.1) is 0 Å². The Bertz CT molecular complexity index is 198. The molecule has 0 aliphatic carbocycles. The molecule has 1 saturated heterocycles. The highest BCUT2D eigenvalue weighted by Gasteiger charge is 2.36. The summed E-state index contributed by atoms with van der Waals surface area (Å²) in [5, 5.41) is 9.58. The summed E-state index contributed by atoms with van der Waals surface area (Å²) >= 11 is 0. The summed E-state index contributed by atoms with van der Waals surface area (Å²) in [6.45, 7) is 4.46. The van der Waals surface area contributed by atoms with Crippen molar-refractivity contribution in [3.63, 3.8) is 0 Å². The molecule has 3 heteroatoms. The van der Waals surface area contributed by atoms with Gasteiger partial charge in [-0.1, -0.05) is 19.9 Å². The lowest BCUT2D eigenvalue weighted by atomic mass is 9.87. The first-order chi connectivity index (χ1) is 6.16. The zero-order chi connectivity index (χ0) is 9.84. The molecule has 0 bridgehead atoms. The molecule has 0 aromatic rings. The van der Waals surface area contributed by atoms with Gasteiger partial charge in [0.1, 0.15) is 6.29 Å². The molecule has 0 saturated carbocycles. The number of rotatable bonds is 3. The maximum Gasteiger partial charge on any atom is 0.142 e. The molecular formula is C10H16O3. The predicted molar refractivity (Wildman–Crippen MR) is 49.3 cm³/mol. The Balaban J connectivity index is 2.63. The lowest BCUT2D eigenvalue weighted by molar-refractivity contribution is -0.104. The molecular weight excluding hydrogens is 168 g/mol. The second-order valence-corrected chi connectivity index (χ2v) is 3.71. The van der Waals surface area contributed by atoms with Crippen molar-refractivity contribution in [1.82, 2.24) is 0 Å². The molecule has 1 fully saturated rings. The van der Waals surface area contributed by atoms with Crippen LogP contribution in [0.15, 0.2) is 12.2 Å². The van der Waals surface area contributed by atoms with Crippen molar-refractivity contribution in [3.8, 4) is 0 Å². The van der Waals surface area contributed by atoms with Gasteiger partial charge in [-0.05, 0) is 12.0 Å². The van der Waals surface area contributed by atoms with E-state index in [1.165, 1.54) is 6.08 Å². The summed E-state index contributed by atoms with van der Waals surface area (Å²) in [4.78, 5) is 10.1. The van der Waals surface area contributed by atoms with Crippen LogP contribution in [0.4, 0.5) is 0 Å². The molecule has 3 nitrogen and oxygen atoms in total. The van der Waals surface area contributed by atoms with Gasteiger partial charge in [-0.3, -0.25) is 4.79 Å². The van der Waals surface area contributed by atoms with Crippen LogP contribution in [0, 0.1) is 11.8 Å². The Morgan fingerprint density at radius 2 is 2.23 bits per heavy atom. The third-order valence-corrected chi connectivity index (χ3v) is 2.43. The number of aliphatic hydroxyl groups excluding tert-OH is 1. The number of ether oxygens (including phenoxy) is 1. The molecule has 0 spiro atoms. The molecule has 0 amide bonds. The van der Waals surface area contributed by atoms with E-state index in [1.54, 1.807) is 6.08 Å². The molecule has 3 atom stereocenters. The molecule has 13 heavy (non-hydrogen) atoms. The summed E-state index contributed by atoms with van der Waals surface area (Å²) in [6.07, 6.45) is 3.36. The van der Waals surface area contributed by atoms with E-state index in [2.05, 4.69) is 0 Å². The number of hydrogen-bond donors (Lipinski definition) is 1. The van der Waals surface area contributed by atoms with Crippen molar-refractivity contribution >= 4 is 6.29 Å². The fraction of sp³-hybridized carbons (Fsp3) is 0.700. The van der Waals surface area contributed by atoms with Gasteiger partial charge in [0.15, 0.2) is 0 Å². The average molecular weight is 184 g/mol. The fourth-order valence-corrected chi connectivity index (χ4v) is 1.81. The monoisotopic (exact) mass is 184 g/mol. The maximum atomic E-state index is 10.1. The molecule has 1 rings (SSSR count). The largest absolute Gasteiger partial charge is 0.390 e. The number of carbonyl (C=O) groups is 1. The van der Waals surface area contributed by atoms with Crippen LogP contribution in [-0.2, 0) is 9.53 Å². The van der Waals surface area contributed by atoms with Gasteiger partial charge in [0, 0.05) is 5.92 Å². The molecule has 0 aromatic carbocycles. The van der Waals surface area contributed by atoms with Crippen molar-refractivity contribution < 1.29 is 14.6 Å². The van der Waals surface area contributed by atoms with Crippen molar-refractivity contribution in [1.29, 1.82) is 0 Å². The zero-order valence-electron chi connectivity index (χ0n) is 8.01. The topological polar surface area (TPSA) is 46.5 Å². The first-order valence-corrected chi connectivity index (χ1v) is 4.58. The van der Waals surface area contributed by atoms with E-state index in [9.17, 15) is 9.90 Å². The zero-order valence-corrected chi connectivity index (χ0v) is 8.01. The minimum absolute atomic E-state index is 0.108. The lowest BCUT2D eigenvalue weighted by Gasteiger charge is -2.21. The lowest BCUT2D eigenvalue weighted by Crippen LogP contribution is -2.27. The third-order valence-electron chi connectivity index (χ3n) is 2.43. The number of carbonyl (C=O) groups excluding carboxylic acids is 1. The van der Waals surface area contributed by atoms with Crippen LogP contribution in [0.25, 0.3) is 0 Å². The highest BCUT2D eigenvalue weighted by molar-refractivity contribution is 5.64. The molecule has 0 aromatic heterocycles. The first-order valence-electron chi connectivity index (χ1n) is 4.58. The van der Waals surface area contributed by atoms with Crippen LogP contribution >= 0.6 is 0 Å². The van der Waals surface area contributed by atoms with Crippen LogP contribution in [0.1, 0.15) is 13.8 Å². The molecule has 74 valence electrons. The van der Waals surface area contributed by atoms with E-state index < -0.39 is 6.10 Å². The summed E-state index contributed by atoms with van der Waals surface area (Å²) < 4.78 is 5.35. The summed E-state index contributed by atoms with van der Waals surface area (Å²) in [5.74, 6) is 0.468. The number of hydrogen-bond acceptors (Lipinski definition) is 3. The van der Waals surface area contributed by atoms with E-state index >= 15 is 0 Å². The quantitative estimate of drug-likeness (QED) is 0.520. The van der Waals surface area contributed by atoms with Crippen LogP contribution in [-0.4, -0.2) is 30.2 Å². The van der Waals surface area contributed by atoms with Gasteiger partial charge >= 0.3 is 0 Å². The van der Waals surface area contributed by atoms with Crippen LogP contribution in [0.3, 0.4) is 0 Å². The Morgan fingerprint density at radius 3 is 2.77 bits per heavy atom. The van der Waals surface area contributed by atoms with Gasteiger partial charge in [-0.25, -0.2) is 0 Å². The molecule has 1 unspecified atom stereocenters. The Labute approximate surface area is 78.4 Å². The van der Waals surface area contributed by atoms with Crippen LogP contribution in [0.5, 0.6) is 0 Å². The molecule has 1 heterocycles. The minimum Gasteiger partial charge on any atom is -0.390 e. The Morgan fingerprint density at radius 1 is 1.54 bits per heavy atom. The second-order valence-electron chi connectivity index (χ2n) is 3.71. The summed E-state index contributed by atoms with van der Waals surface area (Å²) in [5.41, 5.74) is 0. The molecule has 1 aliphatic rings. The highest BCUT2D eigenvalue weighted by atomic mass is 16.5. The van der Waals surface area contributed by atoms with Crippen molar-refractivity contribution in [2.75, 3.05) is 6.61 Å². The van der Waals surface area contributed by atoms with Crippen LogP contribution in [0.2, 0.25) is 0 Å². The maximum absolute atomic E-state index is 10.1. The van der Waals surface area contributed by atoms with Gasteiger partial charge in [-0.2, -0.15) is 0 Å². The normalized spacial score (nSPS) is 34.6. The number of aldehydes is 1. The van der Waals surface area contributed by atoms with E-state index in [4.69, 9.17) is 4.74 Å². The molecule has 0 radical (unpaired) electrons. The number of allylic oxidation sites excluding steroid dienone is 1. The van der Waals surface area contributed by atoms with E-state index in [1.807, 2.05) is 13.8 Å². The number of aliphatic hydroxyl groups is 1. The fourth-order valence-electron chi connectivity index (χ4n) is 1.81. The molecule has 1 aliphatic heterocycles. The third kappa shape index (κ3) is 2.39. The highest BCUT2D eigenvalue weighted by Crippen LogP contribution is 2.29. The van der Waals surface area contributed by atoms with Gasteiger partial charge in [0.25, 0.3) is 0 Å². The van der Waals surface area contributed by atoms with Crippen molar-refractivity contribution in [2.24, 2.45) is 11.8 Å². The van der Waals surface area contributed by atoms with Gasteiger partial charge in [0.2, 0.25) is 0 Å². The average Bonchev–Trinajstić information content (AvgIpc) is 2.43. The minimum atomic E-state index is -0.402. The Hall–Kier alpha value is -0.670. The van der Waals surface area contributed by atoms with Crippen molar-refractivity contribution in [3.05, 3.63) is 12.2 Å². The smallest absolute Gasteiger partial charge is 0.142 e.